The van der Waals surface area contributed by atoms with Gasteiger partial charge < -0.3 is 10.2 Å². The molecule has 0 saturated carbocycles. The molecule has 1 unspecified atom stereocenters. The summed E-state index contributed by atoms with van der Waals surface area (Å²) in [6.45, 7) is -0.289. The molecule has 1 atom stereocenters. The van der Waals surface area contributed by atoms with Crippen LogP contribution in [0.3, 0.4) is 0 Å². The second kappa shape index (κ2) is 9.84. The summed E-state index contributed by atoms with van der Waals surface area (Å²) in [7, 11) is 0. The molecule has 1 aromatic carbocycles. The smallest absolute Gasteiger partial charge is 0.352 e. The molecule has 33 heavy (non-hydrogen) atoms. The van der Waals surface area contributed by atoms with Gasteiger partial charge in [-0.25, -0.2) is 4.68 Å². The first-order chi connectivity index (χ1) is 15.5. The second-order valence-electron chi connectivity index (χ2n) is 7.75. The van der Waals surface area contributed by atoms with E-state index in [0.29, 0.717) is 5.69 Å². The van der Waals surface area contributed by atoms with Crippen molar-refractivity contribution < 1.29 is 35.9 Å². The van der Waals surface area contributed by atoms with Gasteiger partial charge in [-0.2, -0.15) is 31.4 Å². The molecular weight excluding hydrogens is 454 g/mol. The number of carbonyl (C=O) groups is 2. The molecule has 1 aromatic heterocycles. The zero-order valence-electron chi connectivity index (χ0n) is 17.4. The van der Waals surface area contributed by atoms with Crippen LogP contribution in [0.15, 0.2) is 36.5 Å². The molecule has 180 valence electrons. The summed E-state index contributed by atoms with van der Waals surface area (Å²) >= 11 is 0. The summed E-state index contributed by atoms with van der Waals surface area (Å²) in [4.78, 5) is 25.7. The molecule has 0 spiro atoms. The number of halogens is 6. The van der Waals surface area contributed by atoms with Gasteiger partial charge in [0.15, 0.2) is 5.69 Å². The number of benzene rings is 1. The number of amides is 2. The topological polar surface area (TPSA) is 67.2 Å². The van der Waals surface area contributed by atoms with E-state index in [2.05, 4.69) is 10.4 Å². The van der Waals surface area contributed by atoms with Gasteiger partial charge in [0, 0.05) is 32.3 Å². The molecule has 3 rings (SSSR count). The van der Waals surface area contributed by atoms with Crippen LogP contribution in [0.1, 0.15) is 41.7 Å². The molecule has 0 radical (unpaired) electrons. The van der Waals surface area contributed by atoms with E-state index in [4.69, 9.17) is 0 Å². The second-order valence-corrected chi connectivity index (χ2v) is 7.75. The van der Waals surface area contributed by atoms with E-state index in [0.717, 1.165) is 15.8 Å². The summed E-state index contributed by atoms with van der Waals surface area (Å²) in [6, 6.07) is 7.97. The molecule has 6 nitrogen and oxygen atoms in total. The maximum Gasteiger partial charge on any atom is 0.435 e. The van der Waals surface area contributed by atoms with Crippen LogP contribution in [0.5, 0.6) is 0 Å². The largest absolute Gasteiger partial charge is 0.435 e. The van der Waals surface area contributed by atoms with Crippen LogP contribution in [0.2, 0.25) is 0 Å². The van der Waals surface area contributed by atoms with E-state index >= 15 is 0 Å². The number of rotatable bonds is 6. The van der Waals surface area contributed by atoms with Crippen LogP contribution in [0, 0.1) is 5.92 Å². The highest BCUT2D eigenvalue weighted by Crippen LogP contribution is 2.33. The van der Waals surface area contributed by atoms with Crippen LogP contribution < -0.4 is 5.32 Å². The number of alkyl halides is 6. The van der Waals surface area contributed by atoms with Gasteiger partial charge in [-0.05, 0) is 31.4 Å². The van der Waals surface area contributed by atoms with Crippen molar-refractivity contribution in [1.29, 1.82) is 0 Å². The fourth-order valence-electron chi connectivity index (χ4n) is 3.63. The minimum absolute atomic E-state index is 0.0262. The third-order valence-electron chi connectivity index (χ3n) is 5.34. The van der Waals surface area contributed by atoms with E-state index in [1.165, 1.54) is 12.1 Å². The number of hydrogen-bond donors (Lipinski definition) is 1. The van der Waals surface area contributed by atoms with Gasteiger partial charge in [0.05, 0.1) is 17.2 Å². The minimum atomic E-state index is -4.86. The average molecular weight is 476 g/mol. The van der Waals surface area contributed by atoms with Crippen LogP contribution >= 0.6 is 0 Å². The number of aromatic nitrogens is 2. The van der Waals surface area contributed by atoms with Gasteiger partial charge in [-0.3, -0.25) is 9.59 Å². The third-order valence-corrected chi connectivity index (χ3v) is 5.34. The first-order valence-electron chi connectivity index (χ1n) is 10.3. The lowest BCUT2D eigenvalue weighted by Crippen LogP contribution is -2.44. The maximum absolute atomic E-state index is 13.4. The maximum atomic E-state index is 13.4. The van der Waals surface area contributed by atoms with Crippen molar-refractivity contribution >= 4 is 11.8 Å². The Morgan fingerprint density at radius 2 is 1.79 bits per heavy atom. The summed E-state index contributed by atoms with van der Waals surface area (Å²) in [5, 5.41) is 5.82. The molecule has 1 aliphatic rings. The van der Waals surface area contributed by atoms with Crippen molar-refractivity contribution in [1.82, 2.24) is 20.0 Å². The van der Waals surface area contributed by atoms with Crippen molar-refractivity contribution in [2.24, 2.45) is 5.92 Å². The molecule has 0 aliphatic carbocycles. The predicted octanol–water partition coefficient (Wildman–Crippen LogP) is 4.20. The van der Waals surface area contributed by atoms with Crippen LogP contribution in [0.4, 0.5) is 26.3 Å². The van der Waals surface area contributed by atoms with Gasteiger partial charge in [0.25, 0.3) is 5.91 Å². The van der Waals surface area contributed by atoms with Crippen molar-refractivity contribution in [3.63, 3.8) is 0 Å². The van der Waals surface area contributed by atoms with Crippen LogP contribution in [0.25, 0.3) is 5.69 Å². The summed E-state index contributed by atoms with van der Waals surface area (Å²) in [5.74, 6) is -3.05. The zero-order chi connectivity index (χ0) is 24.2. The fourth-order valence-corrected chi connectivity index (χ4v) is 3.63. The average Bonchev–Trinajstić information content (AvgIpc) is 3.23. The summed E-state index contributed by atoms with van der Waals surface area (Å²) < 4.78 is 79.7. The van der Waals surface area contributed by atoms with Gasteiger partial charge in [-0.15, -0.1) is 0 Å². The third kappa shape index (κ3) is 6.26. The Balaban J connectivity index is 1.56. The van der Waals surface area contributed by atoms with Gasteiger partial charge >= 0.3 is 12.4 Å². The van der Waals surface area contributed by atoms with Crippen molar-refractivity contribution in [2.75, 3.05) is 19.6 Å². The number of hydrogen-bond acceptors (Lipinski definition) is 3. The number of likely N-dealkylation sites (tertiary alicyclic amines) is 1. The fraction of sp³-hybridized carbons (Fsp3) is 0.476. The molecule has 1 aliphatic heterocycles. The molecule has 2 amide bonds. The van der Waals surface area contributed by atoms with Gasteiger partial charge in [0.1, 0.15) is 0 Å². The van der Waals surface area contributed by atoms with Gasteiger partial charge in [0.2, 0.25) is 5.91 Å². The van der Waals surface area contributed by atoms with Crippen molar-refractivity contribution in [3.05, 3.63) is 47.8 Å². The molecule has 1 saturated heterocycles. The number of nitrogens with one attached hydrogen (secondary N) is 1. The molecule has 1 N–H and O–H groups in total. The normalized spacial score (nSPS) is 17.2. The van der Waals surface area contributed by atoms with Crippen LogP contribution in [-0.4, -0.2) is 52.3 Å². The van der Waals surface area contributed by atoms with E-state index in [-0.39, 0.29) is 38.8 Å². The molecule has 2 heterocycles. The SMILES string of the molecule is O=C(NCCCC(=O)N1CCCC(C(F)(F)F)C1)c1cn(-c2ccccc2)nc1C(F)(F)F. The predicted molar refractivity (Wildman–Crippen MR) is 105 cm³/mol. The quantitative estimate of drug-likeness (QED) is 0.502. The van der Waals surface area contributed by atoms with Crippen molar-refractivity contribution in [2.45, 2.75) is 38.0 Å². The molecule has 1 fully saturated rings. The first kappa shape index (κ1) is 24.6. The highest BCUT2D eigenvalue weighted by Gasteiger charge is 2.42. The highest BCUT2D eigenvalue weighted by atomic mass is 19.4. The molecular formula is C21H22F6N4O2. The molecule has 2 aromatic rings. The Labute approximate surface area is 185 Å². The van der Waals surface area contributed by atoms with E-state index in [9.17, 15) is 35.9 Å². The monoisotopic (exact) mass is 476 g/mol. The Kier molecular flexibility index (Phi) is 7.33. The lowest BCUT2D eigenvalue weighted by molar-refractivity contribution is -0.188. The lowest BCUT2D eigenvalue weighted by Gasteiger charge is -2.33. The van der Waals surface area contributed by atoms with Crippen LogP contribution in [-0.2, 0) is 11.0 Å². The molecule has 0 bridgehead atoms. The standard InChI is InChI=1S/C21H22F6N4O2/c22-20(23,24)14-6-5-11-30(12-14)17(32)9-4-10-28-19(33)16-13-31(15-7-2-1-3-8-15)29-18(16)21(25,26)27/h1-3,7-8,13-14H,4-6,9-12H2,(H,28,33). The molecule has 12 heteroatoms. The number of nitrogens with zero attached hydrogens (tertiary/aromatic N) is 3. The number of piperidine rings is 1. The van der Waals surface area contributed by atoms with Gasteiger partial charge in [-0.1, -0.05) is 18.2 Å². The minimum Gasteiger partial charge on any atom is -0.352 e. The zero-order valence-corrected chi connectivity index (χ0v) is 17.4. The Bertz CT molecular complexity index is 971. The Morgan fingerprint density at radius 1 is 1.09 bits per heavy atom. The Hall–Kier alpha value is -3.05. The number of carbonyl (C=O) groups excluding carboxylic acids is 2. The summed E-state index contributed by atoms with van der Waals surface area (Å²) in [6.07, 6.45) is -8.07. The first-order valence-corrected chi connectivity index (χ1v) is 10.3. The number of para-hydroxylation sites is 1. The van der Waals surface area contributed by atoms with E-state index in [1.807, 2.05) is 0 Å². The summed E-state index contributed by atoms with van der Waals surface area (Å²) in [5.41, 5.74) is -1.67. The van der Waals surface area contributed by atoms with E-state index in [1.54, 1.807) is 18.2 Å². The van der Waals surface area contributed by atoms with E-state index < -0.39 is 47.9 Å². The lowest BCUT2D eigenvalue weighted by atomic mass is 9.97. The Morgan fingerprint density at radius 3 is 2.42 bits per heavy atom. The van der Waals surface area contributed by atoms with Crippen molar-refractivity contribution in [3.8, 4) is 5.69 Å². The highest BCUT2D eigenvalue weighted by molar-refractivity contribution is 5.95.